The van der Waals surface area contributed by atoms with Crippen LogP contribution in [0.15, 0.2) is 23.3 Å². The number of rotatable bonds is 10. The van der Waals surface area contributed by atoms with Crippen LogP contribution in [0.1, 0.15) is 32.8 Å². The van der Waals surface area contributed by atoms with Crippen LogP contribution in [0, 0.1) is 5.92 Å². The molecule has 24 heavy (non-hydrogen) atoms. The average Bonchev–Trinajstić information content (AvgIpc) is 2.52. The molecule has 0 aliphatic carbocycles. The number of hydrogen-bond donors (Lipinski definition) is 2. The van der Waals surface area contributed by atoms with E-state index in [4.69, 9.17) is 16.3 Å². The smallest absolute Gasteiger partial charge is 0.191 e. The molecule has 0 radical (unpaired) electrons. The fourth-order valence-corrected chi connectivity index (χ4v) is 1.98. The van der Waals surface area contributed by atoms with Crippen molar-refractivity contribution in [2.75, 3.05) is 32.8 Å². The molecule has 0 aliphatic rings. The second kappa shape index (κ2) is 14.7. The lowest BCUT2D eigenvalue weighted by Crippen LogP contribution is -2.38. The molecular formula is C17H30ClIN4O. The van der Waals surface area contributed by atoms with Crippen molar-refractivity contribution in [3.63, 3.8) is 0 Å². The topological polar surface area (TPSA) is 58.5 Å². The molecule has 0 aliphatic heterocycles. The lowest BCUT2D eigenvalue weighted by atomic mass is 10.1. The Morgan fingerprint density at radius 2 is 2.08 bits per heavy atom. The van der Waals surface area contributed by atoms with Crippen LogP contribution < -0.4 is 10.6 Å². The van der Waals surface area contributed by atoms with Gasteiger partial charge in [-0.25, -0.2) is 4.98 Å². The molecular weight excluding hydrogens is 439 g/mol. The molecule has 0 atom stereocenters. The number of halogens is 2. The van der Waals surface area contributed by atoms with Crippen molar-refractivity contribution in [1.29, 1.82) is 0 Å². The molecule has 0 aromatic carbocycles. The molecule has 0 spiro atoms. The monoisotopic (exact) mass is 468 g/mol. The Balaban J connectivity index is 0.00000529. The van der Waals surface area contributed by atoms with Gasteiger partial charge in [0.05, 0.1) is 13.2 Å². The summed E-state index contributed by atoms with van der Waals surface area (Å²) in [6, 6.07) is 3.80. The molecule has 1 rings (SSSR count). The summed E-state index contributed by atoms with van der Waals surface area (Å²) in [4.78, 5) is 8.59. The molecule has 0 bridgehead atoms. The molecule has 1 heterocycles. The van der Waals surface area contributed by atoms with Gasteiger partial charge in [0.15, 0.2) is 5.96 Å². The maximum absolute atomic E-state index is 5.78. The second-order valence-electron chi connectivity index (χ2n) is 5.72. The van der Waals surface area contributed by atoms with Gasteiger partial charge < -0.3 is 15.4 Å². The maximum Gasteiger partial charge on any atom is 0.191 e. The number of ether oxygens (including phenoxy) is 1. The Morgan fingerprint density at radius 1 is 1.29 bits per heavy atom. The standard InChI is InChI=1S/C17H29ClN4O.HI/c1-4-19-17(21-10-12-23-11-8-14(2)3)20-9-7-15-5-6-16(18)22-13-15;/h5-6,13-14H,4,7-12H2,1-3H3,(H2,19,20,21);1H. The van der Waals surface area contributed by atoms with Gasteiger partial charge in [0.1, 0.15) is 5.15 Å². The van der Waals surface area contributed by atoms with E-state index >= 15 is 0 Å². The van der Waals surface area contributed by atoms with E-state index in [2.05, 4.69) is 41.4 Å². The Morgan fingerprint density at radius 3 is 2.71 bits per heavy atom. The van der Waals surface area contributed by atoms with E-state index in [-0.39, 0.29) is 24.0 Å². The van der Waals surface area contributed by atoms with Crippen LogP contribution in [0.4, 0.5) is 0 Å². The van der Waals surface area contributed by atoms with Gasteiger partial charge in [0, 0.05) is 25.9 Å². The van der Waals surface area contributed by atoms with Crippen LogP contribution in [0.3, 0.4) is 0 Å². The van der Waals surface area contributed by atoms with E-state index in [1.165, 1.54) is 0 Å². The Kier molecular flexibility index (Phi) is 14.4. The van der Waals surface area contributed by atoms with Crippen LogP contribution in [-0.2, 0) is 11.2 Å². The molecule has 138 valence electrons. The number of pyridine rings is 1. The number of guanidine groups is 1. The van der Waals surface area contributed by atoms with E-state index in [0.29, 0.717) is 24.2 Å². The molecule has 2 N–H and O–H groups in total. The van der Waals surface area contributed by atoms with E-state index < -0.39 is 0 Å². The molecule has 1 aromatic rings. The lowest BCUT2D eigenvalue weighted by Gasteiger charge is -2.11. The van der Waals surface area contributed by atoms with Crippen molar-refractivity contribution in [3.8, 4) is 0 Å². The van der Waals surface area contributed by atoms with Crippen LogP contribution >= 0.6 is 35.6 Å². The number of nitrogens with zero attached hydrogens (tertiary/aromatic N) is 2. The summed E-state index contributed by atoms with van der Waals surface area (Å²) in [5.74, 6) is 1.50. The van der Waals surface area contributed by atoms with Gasteiger partial charge >= 0.3 is 0 Å². The summed E-state index contributed by atoms with van der Waals surface area (Å²) in [5.41, 5.74) is 1.15. The molecule has 0 amide bonds. The van der Waals surface area contributed by atoms with Crippen molar-refractivity contribution in [1.82, 2.24) is 15.6 Å². The van der Waals surface area contributed by atoms with Gasteiger partial charge in [0.25, 0.3) is 0 Å². The first-order valence-electron chi connectivity index (χ1n) is 8.32. The van der Waals surface area contributed by atoms with Crippen molar-refractivity contribution in [2.45, 2.75) is 33.6 Å². The predicted molar refractivity (Wildman–Crippen MR) is 113 cm³/mol. The number of nitrogens with one attached hydrogen (secondary N) is 2. The normalized spacial score (nSPS) is 11.3. The highest BCUT2D eigenvalue weighted by Crippen LogP contribution is 2.05. The minimum Gasteiger partial charge on any atom is -0.380 e. The number of hydrogen-bond acceptors (Lipinski definition) is 3. The first-order valence-corrected chi connectivity index (χ1v) is 8.70. The SMILES string of the molecule is CCNC(=NCCOCCC(C)C)NCCc1ccc(Cl)nc1.I. The Bertz CT molecular complexity index is 454. The van der Waals surface area contributed by atoms with Crippen molar-refractivity contribution < 1.29 is 4.74 Å². The zero-order chi connectivity index (χ0) is 16.9. The fourth-order valence-electron chi connectivity index (χ4n) is 1.86. The predicted octanol–water partition coefficient (Wildman–Crippen LogP) is 3.51. The van der Waals surface area contributed by atoms with E-state index in [1.54, 1.807) is 6.20 Å². The summed E-state index contributed by atoms with van der Waals surface area (Å²) in [6.07, 6.45) is 3.77. The number of aromatic nitrogens is 1. The summed E-state index contributed by atoms with van der Waals surface area (Å²) < 4.78 is 5.57. The summed E-state index contributed by atoms with van der Waals surface area (Å²) in [5, 5.41) is 7.07. The minimum atomic E-state index is 0. The third kappa shape index (κ3) is 11.9. The fraction of sp³-hybridized carbons (Fsp3) is 0.647. The third-order valence-corrected chi connectivity index (χ3v) is 3.41. The molecule has 1 aromatic heterocycles. The highest BCUT2D eigenvalue weighted by molar-refractivity contribution is 14.0. The third-order valence-electron chi connectivity index (χ3n) is 3.18. The molecule has 0 saturated heterocycles. The van der Waals surface area contributed by atoms with Gasteiger partial charge in [0.2, 0.25) is 0 Å². The van der Waals surface area contributed by atoms with Gasteiger partial charge in [-0.1, -0.05) is 31.5 Å². The zero-order valence-corrected chi connectivity index (χ0v) is 17.9. The van der Waals surface area contributed by atoms with Gasteiger partial charge in [-0.3, -0.25) is 4.99 Å². The number of aliphatic imine (C=N–C) groups is 1. The van der Waals surface area contributed by atoms with Gasteiger partial charge in [-0.05, 0) is 37.3 Å². The Labute approximate surface area is 168 Å². The van der Waals surface area contributed by atoms with Crippen molar-refractivity contribution in [2.24, 2.45) is 10.9 Å². The lowest BCUT2D eigenvalue weighted by molar-refractivity contribution is 0.130. The van der Waals surface area contributed by atoms with E-state index in [1.807, 2.05) is 12.1 Å². The van der Waals surface area contributed by atoms with Crippen LogP contribution in [0.2, 0.25) is 5.15 Å². The van der Waals surface area contributed by atoms with Crippen LogP contribution in [0.5, 0.6) is 0 Å². The van der Waals surface area contributed by atoms with Gasteiger partial charge in [-0.2, -0.15) is 0 Å². The largest absolute Gasteiger partial charge is 0.380 e. The summed E-state index contributed by atoms with van der Waals surface area (Å²) in [6.45, 7) is 10.2. The van der Waals surface area contributed by atoms with Crippen molar-refractivity contribution in [3.05, 3.63) is 29.0 Å². The minimum absolute atomic E-state index is 0. The Hall–Kier alpha value is -0.600. The molecule has 7 heteroatoms. The summed E-state index contributed by atoms with van der Waals surface area (Å²) >= 11 is 5.78. The molecule has 0 unspecified atom stereocenters. The average molecular weight is 469 g/mol. The maximum atomic E-state index is 5.78. The highest BCUT2D eigenvalue weighted by atomic mass is 127. The molecule has 5 nitrogen and oxygen atoms in total. The van der Waals surface area contributed by atoms with Crippen molar-refractivity contribution >= 4 is 41.5 Å². The second-order valence-corrected chi connectivity index (χ2v) is 6.11. The quantitative estimate of drug-likeness (QED) is 0.181. The van der Waals surface area contributed by atoms with E-state index in [9.17, 15) is 0 Å². The zero-order valence-electron chi connectivity index (χ0n) is 14.8. The van der Waals surface area contributed by atoms with E-state index in [0.717, 1.165) is 44.1 Å². The highest BCUT2D eigenvalue weighted by Gasteiger charge is 1.99. The molecule has 0 saturated carbocycles. The molecule has 0 fully saturated rings. The van der Waals surface area contributed by atoms with Gasteiger partial charge in [-0.15, -0.1) is 24.0 Å². The first kappa shape index (κ1) is 23.4. The first-order chi connectivity index (χ1) is 11.1. The van der Waals surface area contributed by atoms with Crippen LogP contribution in [0.25, 0.3) is 0 Å². The van der Waals surface area contributed by atoms with Crippen LogP contribution in [-0.4, -0.2) is 43.8 Å². The summed E-state index contributed by atoms with van der Waals surface area (Å²) in [7, 11) is 0.